The molecule has 1 heterocycles. The molecular weight excluding hydrogens is 334 g/mol. The maximum atomic E-state index is 12.3. The highest BCUT2D eigenvalue weighted by Gasteiger charge is 2.14. The van der Waals surface area contributed by atoms with Crippen molar-refractivity contribution in [3.05, 3.63) is 64.0 Å². The van der Waals surface area contributed by atoms with Crippen LogP contribution in [0.1, 0.15) is 17.5 Å². The Morgan fingerprint density at radius 3 is 2.77 bits per heavy atom. The molecule has 0 unspecified atom stereocenters. The van der Waals surface area contributed by atoms with Crippen LogP contribution in [0.2, 0.25) is 0 Å². The summed E-state index contributed by atoms with van der Waals surface area (Å²) in [7, 11) is 1.55. The molecule has 0 bridgehead atoms. The highest BCUT2D eigenvalue weighted by Crippen LogP contribution is 2.24. The van der Waals surface area contributed by atoms with Crippen LogP contribution in [0.4, 0.5) is 5.69 Å². The molecule has 0 saturated heterocycles. The Morgan fingerprint density at radius 2 is 2.04 bits per heavy atom. The molecule has 0 aliphatic carbocycles. The van der Waals surface area contributed by atoms with Gasteiger partial charge in [-0.15, -0.1) is 0 Å². The van der Waals surface area contributed by atoms with Gasteiger partial charge in [0, 0.05) is 35.2 Å². The third-order valence-electron chi connectivity index (χ3n) is 4.23. The standard InChI is InChI=1S/C20H19NO5/c1-12-16-7-6-15(25-2)11-18(16)26-20(24)17(12)8-9-19(23)21-13-4-3-5-14(22)10-13/h3-7,10-11,22H,8-9H2,1-2H3,(H,21,23). The number of hydrogen-bond donors (Lipinski definition) is 2. The second-order valence-electron chi connectivity index (χ2n) is 5.95. The van der Waals surface area contributed by atoms with Crippen molar-refractivity contribution >= 4 is 22.6 Å². The molecule has 0 atom stereocenters. The van der Waals surface area contributed by atoms with E-state index in [-0.39, 0.29) is 24.5 Å². The van der Waals surface area contributed by atoms with E-state index in [2.05, 4.69) is 5.32 Å². The first-order chi connectivity index (χ1) is 12.5. The number of benzene rings is 2. The second-order valence-corrected chi connectivity index (χ2v) is 5.95. The predicted molar refractivity (Wildman–Crippen MR) is 98.8 cm³/mol. The molecule has 6 heteroatoms. The van der Waals surface area contributed by atoms with Crippen LogP contribution in [-0.4, -0.2) is 18.1 Å². The average Bonchev–Trinajstić information content (AvgIpc) is 2.61. The molecule has 0 saturated carbocycles. The van der Waals surface area contributed by atoms with Crippen molar-refractivity contribution in [1.29, 1.82) is 0 Å². The van der Waals surface area contributed by atoms with Gasteiger partial charge in [-0.05, 0) is 43.2 Å². The number of hydrogen-bond acceptors (Lipinski definition) is 5. The third-order valence-corrected chi connectivity index (χ3v) is 4.23. The molecule has 2 N–H and O–H groups in total. The smallest absolute Gasteiger partial charge is 0.339 e. The van der Waals surface area contributed by atoms with Gasteiger partial charge in [-0.3, -0.25) is 4.79 Å². The molecule has 0 radical (unpaired) electrons. The number of phenols is 1. The van der Waals surface area contributed by atoms with Gasteiger partial charge >= 0.3 is 5.63 Å². The van der Waals surface area contributed by atoms with E-state index in [1.165, 1.54) is 12.1 Å². The van der Waals surface area contributed by atoms with E-state index >= 15 is 0 Å². The quantitative estimate of drug-likeness (QED) is 0.687. The Kier molecular flexibility index (Phi) is 4.93. The summed E-state index contributed by atoms with van der Waals surface area (Å²) in [4.78, 5) is 24.4. The number of ether oxygens (including phenoxy) is 1. The SMILES string of the molecule is COc1ccc2c(C)c(CCC(=O)Nc3cccc(O)c3)c(=O)oc2c1. The largest absolute Gasteiger partial charge is 0.508 e. The minimum Gasteiger partial charge on any atom is -0.508 e. The van der Waals surface area contributed by atoms with Gasteiger partial charge in [0.25, 0.3) is 0 Å². The molecule has 2 aromatic carbocycles. The number of carbonyl (C=O) groups excluding carboxylic acids is 1. The summed E-state index contributed by atoms with van der Waals surface area (Å²) in [6.07, 6.45) is 0.393. The number of aryl methyl sites for hydroxylation is 1. The number of amides is 1. The Bertz CT molecular complexity index is 1020. The van der Waals surface area contributed by atoms with E-state index in [4.69, 9.17) is 9.15 Å². The van der Waals surface area contributed by atoms with Crippen LogP contribution in [0.15, 0.2) is 51.7 Å². The lowest BCUT2D eigenvalue weighted by Crippen LogP contribution is -2.16. The molecule has 1 aromatic heterocycles. The van der Waals surface area contributed by atoms with Crippen molar-refractivity contribution < 1.29 is 19.1 Å². The molecule has 0 fully saturated rings. The van der Waals surface area contributed by atoms with E-state index in [1.807, 2.05) is 13.0 Å². The van der Waals surface area contributed by atoms with Crippen LogP contribution in [0.3, 0.4) is 0 Å². The Hall–Kier alpha value is -3.28. The molecule has 0 aliphatic heterocycles. The lowest BCUT2D eigenvalue weighted by Gasteiger charge is -2.09. The van der Waals surface area contributed by atoms with Gasteiger partial charge in [0.2, 0.25) is 5.91 Å². The van der Waals surface area contributed by atoms with Crippen LogP contribution in [-0.2, 0) is 11.2 Å². The van der Waals surface area contributed by atoms with E-state index in [9.17, 15) is 14.7 Å². The van der Waals surface area contributed by atoms with Crippen molar-refractivity contribution in [1.82, 2.24) is 0 Å². The van der Waals surface area contributed by atoms with Crippen molar-refractivity contribution in [2.45, 2.75) is 19.8 Å². The molecule has 1 amide bonds. The van der Waals surface area contributed by atoms with Crippen molar-refractivity contribution in [3.8, 4) is 11.5 Å². The summed E-state index contributed by atoms with van der Waals surface area (Å²) in [5.41, 5.74) is 1.79. The number of methoxy groups -OCH3 is 1. The summed E-state index contributed by atoms with van der Waals surface area (Å²) in [5.74, 6) is 0.437. The van der Waals surface area contributed by atoms with Crippen LogP contribution in [0.25, 0.3) is 11.0 Å². The lowest BCUT2D eigenvalue weighted by atomic mass is 10.0. The number of fused-ring (bicyclic) bond motifs is 1. The number of nitrogens with one attached hydrogen (secondary N) is 1. The normalized spacial score (nSPS) is 10.7. The maximum Gasteiger partial charge on any atom is 0.339 e. The summed E-state index contributed by atoms with van der Waals surface area (Å²) >= 11 is 0. The second kappa shape index (κ2) is 7.31. The van der Waals surface area contributed by atoms with Crippen LogP contribution in [0, 0.1) is 6.92 Å². The van der Waals surface area contributed by atoms with Crippen LogP contribution < -0.4 is 15.7 Å². The lowest BCUT2D eigenvalue weighted by molar-refractivity contribution is -0.116. The first-order valence-corrected chi connectivity index (χ1v) is 8.17. The third kappa shape index (κ3) is 3.69. The topological polar surface area (TPSA) is 88.8 Å². The van der Waals surface area contributed by atoms with Crippen LogP contribution in [0.5, 0.6) is 11.5 Å². The minimum atomic E-state index is -0.451. The van der Waals surface area contributed by atoms with Gasteiger partial charge in [0.05, 0.1) is 7.11 Å². The number of phenolic OH excluding ortho intramolecular Hbond substituents is 1. The van der Waals surface area contributed by atoms with Gasteiger partial charge < -0.3 is 19.6 Å². The predicted octanol–water partition coefficient (Wildman–Crippen LogP) is 3.39. The fourth-order valence-corrected chi connectivity index (χ4v) is 2.84. The summed E-state index contributed by atoms with van der Waals surface area (Å²) in [5, 5.41) is 12.9. The zero-order valence-electron chi connectivity index (χ0n) is 14.5. The Morgan fingerprint density at radius 1 is 1.23 bits per heavy atom. The monoisotopic (exact) mass is 353 g/mol. The van der Waals surface area contributed by atoms with E-state index in [0.29, 0.717) is 22.6 Å². The molecular formula is C20H19NO5. The minimum absolute atomic E-state index is 0.0734. The van der Waals surface area contributed by atoms with Crippen molar-refractivity contribution in [3.63, 3.8) is 0 Å². The first-order valence-electron chi connectivity index (χ1n) is 8.17. The molecule has 26 heavy (non-hydrogen) atoms. The van der Waals surface area contributed by atoms with Gasteiger partial charge in [-0.2, -0.15) is 0 Å². The molecule has 0 spiro atoms. The molecule has 3 aromatic rings. The zero-order chi connectivity index (χ0) is 18.7. The number of anilines is 1. The Balaban J connectivity index is 1.78. The highest BCUT2D eigenvalue weighted by molar-refractivity contribution is 5.91. The first kappa shape index (κ1) is 17.5. The van der Waals surface area contributed by atoms with Gasteiger partial charge in [-0.1, -0.05) is 6.07 Å². The summed E-state index contributed by atoms with van der Waals surface area (Å²) < 4.78 is 10.5. The molecule has 3 rings (SSSR count). The fourth-order valence-electron chi connectivity index (χ4n) is 2.84. The zero-order valence-corrected chi connectivity index (χ0v) is 14.5. The van der Waals surface area contributed by atoms with Gasteiger partial charge in [0.1, 0.15) is 17.1 Å². The van der Waals surface area contributed by atoms with E-state index in [1.54, 1.807) is 31.4 Å². The summed E-state index contributed by atoms with van der Waals surface area (Å²) in [6, 6.07) is 11.6. The number of aromatic hydroxyl groups is 1. The highest BCUT2D eigenvalue weighted by atomic mass is 16.5. The molecule has 134 valence electrons. The molecule has 0 aliphatic rings. The van der Waals surface area contributed by atoms with Crippen molar-refractivity contribution in [2.75, 3.05) is 12.4 Å². The van der Waals surface area contributed by atoms with E-state index < -0.39 is 5.63 Å². The maximum absolute atomic E-state index is 12.3. The van der Waals surface area contributed by atoms with Crippen molar-refractivity contribution in [2.24, 2.45) is 0 Å². The Labute approximate surface area is 150 Å². The van der Waals surface area contributed by atoms with Gasteiger partial charge in [0.15, 0.2) is 0 Å². The van der Waals surface area contributed by atoms with Crippen LogP contribution >= 0.6 is 0 Å². The summed E-state index contributed by atoms with van der Waals surface area (Å²) in [6.45, 7) is 1.84. The average molecular weight is 353 g/mol. The molecule has 6 nitrogen and oxygen atoms in total. The number of carbonyl (C=O) groups is 1. The van der Waals surface area contributed by atoms with E-state index in [0.717, 1.165) is 10.9 Å². The fraction of sp³-hybridized carbons (Fsp3) is 0.200. The number of rotatable bonds is 5. The van der Waals surface area contributed by atoms with Gasteiger partial charge in [-0.25, -0.2) is 4.79 Å².